The van der Waals surface area contributed by atoms with Crippen LogP contribution in [0.25, 0.3) is 0 Å². The van der Waals surface area contributed by atoms with Gasteiger partial charge >= 0.3 is 6.18 Å². The zero-order valence-electron chi connectivity index (χ0n) is 10.3. The van der Waals surface area contributed by atoms with Crippen molar-refractivity contribution in [1.29, 1.82) is 0 Å². The molecule has 0 aliphatic heterocycles. The molecule has 0 radical (unpaired) electrons. The molecule has 0 bridgehead atoms. The van der Waals surface area contributed by atoms with Crippen molar-refractivity contribution in [2.75, 3.05) is 13.3 Å². The second-order valence-electron chi connectivity index (χ2n) is 4.41. The van der Waals surface area contributed by atoms with Gasteiger partial charge in [0.2, 0.25) is 0 Å². The largest absolute Gasteiger partial charge is 0.416 e. The number of hydrogen-bond acceptors (Lipinski definition) is 1. The summed E-state index contributed by atoms with van der Waals surface area (Å²) in [7, 11) is 0. The van der Waals surface area contributed by atoms with Gasteiger partial charge in [-0.15, -0.1) is 0 Å². The van der Waals surface area contributed by atoms with Crippen LogP contribution in [0.3, 0.4) is 0 Å². The average Bonchev–Trinajstić information content (AvgIpc) is 2.44. The first-order valence-electron chi connectivity index (χ1n) is 5.56. The molecular weight excluding hydrogens is 450 g/mol. The lowest BCUT2D eigenvalue weighted by Crippen LogP contribution is -2.45. The van der Waals surface area contributed by atoms with E-state index in [2.05, 4.69) is 31.9 Å². The van der Waals surface area contributed by atoms with Gasteiger partial charge in [-0.05, 0) is 23.8 Å². The number of hydrogen-bond donors (Lipinski definition) is 1. The molecule has 0 saturated carbocycles. The van der Waals surface area contributed by atoms with Crippen LogP contribution in [-0.4, -0.2) is 28.9 Å². The minimum absolute atomic E-state index is 0.0191. The molecule has 1 aromatic carbocycles. The lowest BCUT2D eigenvalue weighted by Gasteiger charge is -2.31. The first-order chi connectivity index (χ1) is 9.56. The van der Waals surface area contributed by atoms with E-state index in [1.807, 2.05) is 0 Å². The molecule has 0 spiro atoms. The number of halogens is 8. The van der Waals surface area contributed by atoms with Gasteiger partial charge in [0.15, 0.2) is 0 Å². The molecule has 1 rings (SSSR count). The van der Waals surface area contributed by atoms with E-state index in [9.17, 15) is 27.1 Å². The van der Waals surface area contributed by atoms with Crippen LogP contribution in [0.4, 0.5) is 22.0 Å². The summed E-state index contributed by atoms with van der Waals surface area (Å²) >= 11 is 11.8. The Morgan fingerprint density at radius 1 is 1.14 bits per heavy atom. The molecule has 0 heterocycles. The smallest absolute Gasteiger partial charge is 0.383 e. The van der Waals surface area contributed by atoms with E-state index in [1.165, 1.54) is 0 Å². The molecule has 0 amide bonds. The summed E-state index contributed by atoms with van der Waals surface area (Å²) in [6, 6.07) is 2.61. The van der Waals surface area contributed by atoms with Crippen LogP contribution in [-0.2, 0) is 6.18 Å². The van der Waals surface area contributed by atoms with Crippen LogP contribution in [0.5, 0.6) is 0 Å². The van der Waals surface area contributed by atoms with E-state index in [0.717, 1.165) is 18.2 Å². The third-order valence-corrected chi connectivity index (χ3v) is 6.31. The minimum atomic E-state index is -4.58. The van der Waals surface area contributed by atoms with E-state index < -0.39 is 40.3 Å². The molecule has 9 heteroatoms. The van der Waals surface area contributed by atoms with Gasteiger partial charge in [-0.25, -0.2) is 8.78 Å². The predicted octanol–water partition coefficient (Wildman–Crippen LogP) is 5.23. The molecule has 0 aromatic heterocycles. The fraction of sp³-hybridized carbons (Fsp3) is 0.500. The summed E-state index contributed by atoms with van der Waals surface area (Å²) in [5.74, 6) is 0. The number of benzene rings is 1. The van der Waals surface area contributed by atoms with Crippen molar-refractivity contribution in [3.05, 3.63) is 34.3 Å². The maximum Gasteiger partial charge on any atom is 0.416 e. The maximum atomic E-state index is 12.8. The summed E-state index contributed by atoms with van der Waals surface area (Å²) in [6.45, 7) is -2.81. The molecule has 1 nitrogen and oxygen atoms in total. The van der Waals surface area contributed by atoms with Crippen LogP contribution >= 0.6 is 43.5 Å². The topological polar surface area (TPSA) is 20.2 Å². The Bertz CT molecular complexity index is 493. The SMILES string of the molecule is OC(CF)(CF)C(Br)C(Br)c1cc(C(F)(F)F)ccc1Cl. The van der Waals surface area contributed by atoms with Crippen LogP contribution in [0.2, 0.25) is 5.02 Å². The maximum absolute atomic E-state index is 12.8. The van der Waals surface area contributed by atoms with Crippen molar-refractivity contribution in [2.24, 2.45) is 0 Å². The normalized spacial score (nSPS) is 15.9. The van der Waals surface area contributed by atoms with E-state index in [1.54, 1.807) is 0 Å². The molecule has 0 aliphatic rings. The summed E-state index contributed by atoms with van der Waals surface area (Å²) < 4.78 is 63.6. The highest BCUT2D eigenvalue weighted by Gasteiger charge is 2.41. The highest BCUT2D eigenvalue weighted by Crippen LogP contribution is 2.42. The minimum Gasteiger partial charge on any atom is -0.383 e. The molecule has 0 aliphatic carbocycles. The highest BCUT2D eigenvalue weighted by atomic mass is 79.9. The van der Waals surface area contributed by atoms with Gasteiger partial charge in [0.25, 0.3) is 0 Å². The third kappa shape index (κ3) is 4.30. The van der Waals surface area contributed by atoms with Gasteiger partial charge in [-0.3, -0.25) is 0 Å². The van der Waals surface area contributed by atoms with E-state index >= 15 is 0 Å². The molecule has 0 saturated heterocycles. The van der Waals surface area contributed by atoms with Crippen LogP contribution in [0, 0.1) is 0 Å². The van der Waals surface area contributed by atoms with Gasteiger partial charge in [0, 0.05) is 5.02 Å². The first-order valence-corrected chi connectivity index (χ1v) is 7.77. The molecule has 120 valence electrons. The average molecular weight is 460 g/mol. The Labute approximate surface area is 139 Å². The Kier molecular flexibility index (Phi) is 6.47. The Balaban J connectivity index is 3.21. The monoisotopic (exact) mass is 458 g/mol. The van der Waals surface area contributed by atoms with Crippen molar-refractivity contribution in [3.8, 4) is 0 Å². The summed E-state index contributed by atoms with van der Waals surface area (Å²) in [5.41, 5.74) is -3.35. The fourth-order valence-electron chi connectivity index (χ4n) is 1.54. The van der Waals surface area contributed by atoms with Gasteiger partial charge in [-0.1, -0.05) is 43.5 Å². The van der Waals surface area contributed by atoms with E-state index in [-0.39, 0.29) is 10.6 Å². The van der Waals surface area contributed by atoms with Crippen LogP contribution < -0.4 is 0 Å². The third-order valence-electron chi connectivity index (χ3n) is 2.85. The van der Waals surface area contributed by atoms with E-state index in [0.29, 0.717) is 0 Å². The number of rotatable bonds is 5. The van der Waals surface area contributed by atoms with Crippen molar-refractivity contribution < 1.29 is 27.1 Å². The Hall–Kier alpha value is 0.0800. The molecular formula is C12H10Br2ClF5O. The number of alkyl halides is 7. The summed E-state index contributed by atoms with van der Waals surface area (Å²) in [4.78, 5) is -2.25. The van der Waals surface area contributed by atoms with Crippen molar-refractivity contribution in [2.45, 2.75) is 21.4 Å². The lowest BCUT2D eigenvalue weighted by atomic mass is 9.96. The van der Waals surface area contributed by atoms with Crippen molar-refractivity contribution >= 4 is 43.5 Å². The molecule has 1 N–H and O–H groups in total. The Morgan fingerprint density at radius 3 is 2.10 bits per heavy atom. The second-order valence-corrected chi connectivity index (χ2v) is 6.79. The number of aliphatic hydroxyl groups is 1. The predicted molar refractivity (Wildman–Crippen MR) is 77.7 cm³/mol. The summed E-state index contributed by atoms with van der Waals surface area (Å²) in [5, 5.41) is 9.74. The molecule has 2 unspecified atom stereocenters. The quantitative estimate of drug-likeness (QED) is 0.472. The van der Waals surface area contributed by atoms with Gasteiger partial charge in [0.05, 0.1) is 15.2 Å². The lowest BCUT2D eigenvalue weighted by molar-refractivity contribution is -0.137. The molecule has 1 aromatic rings. The van der Waals surface area contributed by atoms with Crippen LogP contribution in [0.15, 0.2) is 18.2 Å². The van der Waals surface area contributed by atoms with Crippen LogP contribution in [0.1, 0.15) is 16.0 Å². The second kappa shape index (κ2) is 7.10. The van der Waals surface area contributed by atoms with Gasteiger partial charge in [-0.2, -0.15) is 13.2 Å². The van der Waals surface area contributed by atoms with E-state index in [4.69, 9.17) is 11.6 Å². The molecule has 2 atom stereocenters. The molecule has 0 fully saturated rings. The fourth-order valence-corrected chi connectivity index (χ4v) is 3.31. The first kappa shape index (κ1) is 19.1. The van der Waals surface area contributed by atoms with Crippen molar-refractivity contribution in [3.63, 3.8) is 0 Å². The zero-order chi connectivity index (χ0) is 16.4. The standard InChI is InChI=1S/C12H10Br2ClF5O/c13-9(10(14)11(21,4-16)5-17)7-3-6(12(18,19)20)1-2-8(7)15/h1-3,9-10,21H,4-5H2. The van der Waals surface area contributed by atoms with Crippen molar-refractivity contribution in [1.82, 2.24) is 0 Å². The van der Waals surface area contributed by atoms with Gasteiger partial charge in [0.1, 0.15) is 19.0 Å². The summed E-state index contributed by atoms with van der Waals surface area (Å²) in [6.07, 6.45) is -4.58. The Morgan fingerprint density at radius 2 is 1.67 bits per heavy atom. The van der Waals surface area contributed by atoms with Gasteiger partial charge < -0.3 is 5.11 Å². The zero-order valence-corrected chi connectivity index (χ0v) is 14.2. The highest BCUT2D eigenvalue weighted by molar-refractivity contribution is 9.12. The molecule has 21 heavy (non-hydrogen) atoms.